The summed E-state index contributed by atoms with van der Waals surface area (Å²) in [7, 11) is 0. The largest absolute Gasteiger partial charge is 0.508 e. The molecule has 1 unspecified atom stereocenters. The van der Waals surface area contributed by atoms with Gasteiger partial charge in [0.1, 0.15) is 6.10 Å². The lowest BCUT2D eigenvalue weighted by Crippen LogP contribution is -2.33. The van der Waals surface area contributed by atoms with Crippen molar-refractivity contribution in [3.05, 3.63) is 0 Å². The molecular formula is C12H24O3. The van der Waals surface area contributed by atoms with Gasteiger partial charge in [-0.05, 0) is 33.6 Å². The minimum absolute atomic E-state index is 0.0377. The van der Waals surface area contributed by atoms with Gasteiger partial charge in [0.15, 0.2) is 0 Å². The SMILES string of the molecule is CCC(C)(CC)C(C)OC(=O)OC(C)C. The molecular weight excluding hydrogens is 192 g/mol. The molecule has 0 amide bonds. The summed E-state index contributed by atoms with van der Waals surface area (Å²) in [5.74, 6) is 0. The Labute approximate surface area is 93.1 Å². The molecule has 0 aromatic carbocycles. The van der Waals surface area contributed by atoms with Gasteiger partial charge in [-0.25, -0.2) is 4.79 Å². The first kappa shape index (κ1) is 14.3. The van der Waals surface area contributed by atoms with Gasteiger partial charge in [-0.1, -0.05) is 20.8 Å². The molecule has 0 aromatic rings. The zero-order chi connectivity index (χ0) is 12.1. The Bertz CT molecular complexity index is 195. The van der Waals surface area contributed by atoms with Gasteiger partial charge >= 0.3 is 6.16 Å². The molecule has 0 aliphatic heterocycles. The molecule has 0 saturated heterocycles. The van der Waals surface area contributed by atoms with Gasteiger partial charge in [-0.2, -0.15) is 0 Å². The second-order valence-electron chi connectivity index (χ2n) is 4.54. The number of ether oxygens (including phenoxy) is 2. The molecule has 0 N–H and O–H groups in total. The third-order valence-electron chi connectivity index (χ3n) is 3.20. The molecule has 0 fully saturated rings. The summed E-state index contributed by atoms with van der Waals surface area (Å²) in [6, 6.07) is 0. The van der Waals surface area contributed by atoms with Crippen molar-refractivity contribution < 1.29 is 14.3 Å². The maximum Gasteiger partial charge on any atom is 0.508 e. The predicted octanol–water partition coefficient (Wildman–Crippen LogP) is 3.76. The molecule has 0 aliphatic carbocycles. The van der Waals surface area contributed by atoms with Crippen molar-refractivity contribution in [1.29, 1.82) is 0 Å². The standard InChI is InChI=1S/C12H24O3/c1-7-12(6,8-2)10(5)15-11(13)14-9(3)4/h9-10H,7-8H2,1-6H3. The van der Waals surface area contributed by atoms with Crippen LogP contribution in [0.5, 0.6) is 0 Å². The summed E-state index contributed by atoms with van der Waals surface area (Å²) < 4.78 is 10.2. The van der Waals surface area contributed by atoms with E-state index in [1.807, 2.05) is 20.8 Å². The highest BCUT2D eigenvalue weighted by Crippen LogP contribution is 2.31. The number of carbonyl (C=O) groups excluding carboxylic acids is 1. The first-order valence-electron chi connectivity index (χ1n) is 5.73. The molecule has 0 heterocycles. The second-order valence-corrected chi connectivity index (χ2v) is 4.54. The lowest BCUT2D eigenvalue weighted by atomic mass is 9.80. The average Bonchev–Trinajstić information content (AvgIpc) is 2.15. The van der Waals surface area contributed by atoms with E-state index in [0.717, 1.165) is 12.8 Å². The smallest absolute Gasteiger partial charge is 0.432 e. The molecule has 3 heteroatoms. The zero-order valence-electron chi connectivity index (χ0n) is 10.8. The lowest BCUT2D eigenvalue weighted by Gasteiger charge is -2.32. The molecule has 3 nitrogen and oxygen atoms in total. The number of hydrogen-bond donors (Lipinski definition) is 0. The van der Waals surface area contributed by atoms with Crippen LogP contribution in [0.3, 0.4) is 0 Å². The molecule has 0 bridgehead atoms. The van der Waals surface area contributed by atoms with Crippen LogP contribution in [0.2, 0.25) is 0 Å². The van der Waals surface area contributed by atoms with Crippen molar-refractivity contribution in [2.45, 2.75) is 66.6 Å². The molecule has 0 saturated carbocycles. The van der Waals surface area contributed by atoms with E-state index in [4.69, 9.17) is 9.47 Å². The van der Waals surface area contributed by atoms with E-state index in [0.29, 0.717) is 0 Å². The summed E-state index contributed by atoms with van der Waals surface area (Å²) in [6.07, 6.45) is 1.17. The van der Waals surface area contributed by atoms with Gasteiger partial charge < -0.3 is 9.47 Å². The van der Waals surface area contributed by atoms with Crippen molar-refractivity contribution in [2.75, 3.05) is 0 Å². The molecule has 1 atom stereocenters. The van der Waals surface area contributed by atoms with Gasteiger partial charge in [0.25, 0.3) is 0 Å². The third-order valence-corrected chi connectivity index (χ3v) is 3.20. The van der Waals surface area contributed by atoms with E-state index in [2.05, 4.69) is 20.8 Å². The fourth-order valence-corrected chi connectivity index (χ4v) is 1.33. The monoisotopic (exact) mass is 216 g/mol. The highest BCUT2D eigenvalue weighted by atomic mass is 16.7. The van der Waals surface area contributed by atoms with Crippen LogP contribution < -0.4 is 0 Å². The summed E-state index contributed by atoms with van der Waals surface area (Å²) in [5, 5.41) is 0. The van der Waals surface area contributed by atoms with Gasteiger partial charge in [0, 0.05) is 5.41 Å². The summed E-state index contributed by atoms with van der Waals surface area (Å²) in [4.78, 5) is 11.3. The van der Waals surface area contributed by atoms with Crippen molar-refractivity contribution >= 4 is 6.16 Å². The quantitative estimate of drug-likeness (QED) is 0.656. The van der Waals surface area contributed by atoms with Crippen molar-refractivity contribution in [2.24, 2.45) is 5.41 Å². The Balaban J connectivity index is 4.22. The van der Waals surface area contributed by atoms with Crippen molar-refractivity contribution in [1.82, 2.24) is 0 Å². The minimum Gasteiger partial charge on any atom is -0.432 e. The fourth-order valence-electron chi connectivity index (χ4n) is 1.33. The number of hydrogen-bond acceptors (Lipinski definition) is 3. The third kappa shape index (κ3) is 4.54. The first-order valence-corrected chi connectivity index (χ1v) is 5.73. The molecule has 15 heavy (non-hydrogen) atoms. The van der Waals surface area contributed by atoms with Crippen LogP contribution in [0.4, 0.5) is 4.79 Å². The van der Waals surface area contributed by atoms with Gasteiger partial charge in [0.2, 0.25) is 0 Å². The molecule has 0 rings (SSSR count). The van der Waals surface area contributed by atoms with E-state index in [-0.39, 0.29) is 17.6 Å². The number of carbonyl (C=O) groups is 1. The van der Waals surface area contributed by atoms with Crippen LogP contribution >= 0.6 is 0 Å². The minimum atomic E-state index is -0.564. The van der Waals surface area contributed by atoms with E-state index < -0.39 is 6.16 Å². The van der Waals surface area contributed by atoms with Crippen molar-refractivity contribution in [3.63, 3.8) is 0 Å². The molecule has 0 aromatic heterocycles. The van der Waals surface area contributed by atoms with Gasteiger partial charge in [0.05, 0.1) is 6.10 Å². The van der Waals surface area contributed by atoms with Crippen LogP contribution in [0.15, 0.2) is 0 Å². The average molecular weight is 216 g/mol. The van der Waals surface area contributed by atoms with Crippen LogP contribution in [0.25, 0.3) is 0 Å². The van der Waals surface area contributed by atoms with E-state index >= 15 is 0 Å². The Hall–Kier alpha value is -0.730. The molecule has 0 aliphatic rings. The second kappa shape index (κ2) is 5.99. The summed E-state index contributed by atoms with van der Waals surface area (Å²) in [5.41, 5.74) is 0.0377. The Morgan fingerprint density at radius 2 is 1.60 bits per heavy atom. The Kier molecular flexibility index (Phi) is 5.69. The van der Waals surface area contributed by atoms with E-state index in [1.165, 1.54) is 0 Å². The maximum absolute atomic E-state index is 11.3. The van der Waals surface area contributed by atoms with Gasteiger partial charge in [-0.3, -0.25) is 0 Å². The van der Waals surface area contributed by atoms with E-state index in [1.54, 1.807) is 0 Å². The highest BCUT2D eigenvalue weighted by Gasteiger charge is 2.30. The highest BCUT2D eigenvalue weighted by molar-refractivity contribution is 5.60. The Morgan fingerprint density at radius 3 is 1.93 bits per heavy atom. The van der Waals surface area contributed by atoms with Crippen LogP contribution in [-0.4, -0.2) is 18.4 Å². The van der Waals surface area contributed by atoms with Crippen LogP contribution in [0.1, 0.15) is 54.4 Å². The normalized spacial score (nSPS) is 13.8. The first-order chi connectivity index (χ1) is 6.85. The molecule has 0 spiro atoms. The summed E-state index contributed by atoms with van der Waals surface area (Å²) >= 11 is 0. The van der Waals surface area contributed by atoms with Crippen LogP contribution in [0, 0.1) is 5.41 Å². The van der Waals surface area contributed by atoms with Crippen molar-refractivity contribution in [3.8, 4) is 0 Å². The fraction of sp³-hybridized carbons (Fsp3) is 0.917. The maximum atomic E-state index is 11.3. The predicted molar refractivity (Wildman–Crippen MR) is 60.9 cm³/mol. The number of rotatable bonds is 5. The van der Waals surface area contributed by atoms with Crippen LogP contribution in [-0.2, 0) is 9.47 Å². The van der Waals surface area contributed by atoms with E-state index in [9.17, 15) is 4.79 Å². The molecule has 0 radical (unpaired) electrons. The topological polar surface area (TPSA) is 35.5 Å². The zero-order valence-corrected chi connectivity index (χ0v) is 10.8. The molecule has 90 valence electrons. The lowest BCUT2D eigenvalue weighted by molar-refractivity contribution is -0.0324. The summed E-state index contributed by atoms with van der Waals surface area (Å²) in [6.45, 7) is 11.9. The van der Waals surface area contributed by atoms with Gasteiger partial charge in [-0.15, -0.1) is 0 Å². The Morgan fingerprint density at radius 1 is 1.13 bits per heavy atom.